The zero-order valence-corrected chi connectivity index (χ0v) is 13.6. The van der Waals surface area contributed by atoms with Crippen molar-refractivity contribution < 1.29 is 0 Å². The second-order valence-corrected chi connectivity index (χ2v) is 5.60. The van der Waals surface area contributed by atoms with Crippen LogP contribution >= 0.6 is 12.2 Å². The van der Waals surface area contributed by atoms with E-state index in [4.69, 9.17) is 17.5 Å². The molecule has 0 aliphatic heterocycles. The predicted molar refractivity (Wildman–Crippen MR) is 93.4 cm³/mol. The van der Waals surface area contributed by atoms with E-state index >= 15 is 0 Å². The molecule has 0 aliphatic rings. The Balaban J connectivity index is 2.07. The lowest BCUT2D eigenvalue weighted by molar-refractivity contribution is 0.586. The molecule has 0 saturated heterocycles. The maximum absolute atomic E-state index is 8.74. The molecule has 2 N–H and O–H groups in total. The van der Waals surface area contributed by atoms with Crippen molar-refractivity contribution in [3.63, 3.8) is 0 Å². The Kier molecular flexibility index (Phi) is 9.23. The van der Waals surface area contributed by atoms with Gasteiger partial charge in [-0.25, -0.2) is 0 Å². The van der Waals surface area contributed by atoms with Crippen molar-refractivity contribution in [1.82, 2.24) is 5.32 Å². The van der Waals surface area contributed by atoms with Crippen molar-refractivity contribution in [1.29, 1.82) is 5.26 Å². The lowest BCUT2D eigenvalue weighted by Crippen LogP contribution is -2.29. The van der Waals surface area contributed by atoms with Gasteiger partial charge in [-0.05, 0) is 42.9 Å². The van der Waals surface area contributed by atoms with Crippen LogP contribution in [0.25, 0.3) is 0 Å². The molecule has 0 fully saturated rings. The molecule has 4 heteroatoms. The van der Waals surface area contributed by atoms with Gasteiger partial charge in [-0.2, -0.15) is 5.26 Å². The van der Waals surface area contributed by atoms with Gasteiger partial charge < -0.3 is 10.6 Å². The molecule has 0 amide bonds. The zero-order chi connectivity index (χ0) is 15.3. The number of nitrogens with one attached hydrogen (secondary N) is 2. The van der Waals surface area contributed by atoms with E-state index in [9.17, 15) is 0 Å². The van der Waals surface area contributed by atoms with Crippen molar-refractivity contribution in [2.24, 2.45) is 0 Å². The second-order valence-electron chi connectivity index (χ2n) is 5.19. The van der Waals surface area contributed by atoms with Crippen LogP contribution in [0, 0.1) is 11.3 Å². The first kappa shape index (κ1) is 17.5. The SMILES string of the molecule is CCCCCCCCCNC(=S)Nc1ccc(C#N)cc1. The molecule has 0 unspecified atom stereocenters. The number of unbranched alkanes of at least 4 members (excludes halogenated alkanes) is 6. The Hall–Kier alpha value is -1.60. The average molecular weight is 303 g/mol. The number of nitrogens with zero attached hydrogens (tertiary/aromatic N) is 1. The normalized spacial score (nSPS) is 9.90. The molecular formula is C17H25N3S. The molecule has 0 aliphatic carbocycles. The molecule has 114 valence electrons. The van der Waals surface area contributed by atoms with Crippen LogP contribution in [0.3, 0.4) is 0 Å². The van der Waals surface area contributed by atoms with E-state index in [0.29, 0.717) is 10.7 Å². The molecule has 0 heterocycles. The summed E-state index contributed by atoms with van der Waals surface area (Å²) in [5.74, 6) is 0. The molecule has 21 heavy (non-hydrogen) atoms. The van der Waals surface area contributed by atoms with Gasteiger partial charge >= 0.3 is 0 Å². The Morgan fingerprint density at radius 1 is 1.05 bits per heavy atom. The van der Waals surface area contributed by atoms with Crippen molar-refractivity contribution in [2.75, 3.05) is 11.9 Å². The van der Waals surface area contributed by atoms with Crippen LogP contribution in [0.2, 0.25) is 0 Å². The Labute approximate surface area is 133 Å². The van der Waals surface area contributed by atoms with Gasteiger partial charge in [-0.3, -0.25) is 0 Å². The van der Waals surface area contributed by atoms with Crippen molar-refractivity contribution in [3.8, 4) is 6.07 Å². The number of nitriles is 1. The number of hydrogen-bond donors (Lipinski definition) is 2. The summed E-state index contributed by atoms with van der Waals surface area (Å²) in [7, 11) is 0. The summed E-state index contributed by atoms with van der Waals surface area (Å²) in [5.41, 5.74) is 1.56. The fraction of sp³-hybridized carbons (Fsp3) is 0.529. The van der Waals surface area contributed by atoms with E-state index in [0.717, 1.165) is 18.7 Å². The van der Waals surface area contributed by atoms with E-state index in [1.54, 1.807) is 12.1 Å². The lowest BCUT2D eigenvalue weighted by atomic mass is 10.1. The first-order chi connectivity index (χ1) is 10.3. The highest BCUT2D eigenvalue weighted by Crippen LogP contribution is 2.09. The minimum absolute atomic E-state index is 0.644. The van der Waals surface area contributed by atoms with E-state index in [1.807, 2.05) is 12.1 Å². The van der Waals surface area contributed by atoms with Gasteiger partial charge in [0, 0.05) is 12.2 Å². The van der Waals surface area contributed by atoms with Crippen molar-refractivity contribution in [3.05, 3.63) is 29.8 Å². The predicted octanol–water partition coefficient (Wildman–Crippen LogP) is 4.60. The van der Waals surface area contributed by atoms with Gasteiger partial charge in [0.25, 0.3) is 0 Å². The van der Waals surface area contributed by atoms with Crippen LogP contribution in [-0.2, 0) is 0 Å². The first-order valence-electron chi connectivity index (χ1n) is 7.81. The molecule has 0 radical (unpaired) electrons. The quantitative estimate of drug-likeness (QED) is 0.517. The number of rotatable bonds is 9. The highest BCUT2D eigenvalue weighted by Gasteiger charge is 1.98. The van der Waals surface area contributed by atoms with Gasteiger partial charge in [-0.15, -0.1) is 0 Å². The van der Waals surface area contributed by atoms with E-state index in [1.165, 1.54) is 38.5 Å². The van der Waals surface area contributed by atoms with E-state index < -0.39 is 0 Å². The number of benzene rings is 1. The van der Waals surface area contributed by atoms with Gasteiger partial charge in [0.1, 0.15) is 0 Å². The van der Waals surface area contributed by atoms with Crippen LogP contribution in [0.1, 0.15) is 57.4 Å². The van der Waals surface area contributed by atoms with E-state index in [2.05, 4.69) is 23.6 Å². The molecule has 0 aromatic heterocycles. The number of anilines is 1. The molecule has 0 atom stereocenters. The Bertz CT molecular complexity index is 448. The summed E-state index contributed by atoms with van der Waals surface area (Å²) in [6, 6.07) is 9.38. The van der Waals surface area contributed by atoms with Gasteiger partial charge in [0.15, 0.2) is 5.11 Å². The van der Waals surface area contributed by atoms with Crippen LogP contribution in [0.4, 0.5) is 5.69 Å². The third kappa shape index (κ3) is 8.31. The third-order valence-corrected chi connectivity index (χ3v) is 3.58. The zero-order valence-electron chi connectivity index (χ0n) is 12.8. The molecule has 1 aromatic carbocycles. The third-order valence-electron chi connectivity index (χ3n) is 3.34. The Morgan fingerprint density at radius 3 is 2.29 bits per heavy atom. The monoisotopic (exact) mass is 303 g/mol. The maximum Gasteiger partial charge on any atom is 0.170 e. The summed E-state index contributed by atoms with van der Waals surface area (Å²) in [6.45, 7) is 3.15. The maximum atomic E-state index is 8.74. The average Bonchev–Trinajstić information content (AvgIpc) is 2.50. The fourth-order valence-corrected chi connectivity index (χ4v) is 2.31. The minimum atomic E-state index is 0.644. The van der Waals surface area contributed by atoms with Crippen molar-refractivity contribution >= 4 is 23.0 Å². The van der Waals surface area contributed by atoms with E-state index in [-0.39, 0.29) is 0 Å². The first-order valence-corrected chi connectivity index (χ1v) is 8.22. The molecule has 0 spiro atoms. The van der Waals surface area contributed by atoms with Gasteiger partial charge in [0.05, 0.1) is 11.6 Å². The lowest BCUT2D eigenvalue weighted by Gasteiger charge is -2.10. The van der Waals surface area contributed by atoms with Gasteiger partial charge in [0.2, 0.25) is 0 Å². The number of thiocarbonyl (C=S) groups is 1. The van der Waals surface area contributed by atoms with Crippen LogP contribution in [0.15, 0.2) is 24.3 Å². The topological polar surface area (TPSA) is 47.8 Å². The summed E-state index contributed by atoms with van der Waals surface area (Å²) < 4.78 is 0. The summed E-state index contributed by atoms with van der Waals surface area (Å²) in [6.07, 6.45) is 9.10. The molecule has 1 aromatic rings. The van der Waals surface area contributed by atoms with Crippen molar-refractivity contribution in [2.45, 2.75) is 51.9 Å². The standard InChI is InChI=1S/C17H25N3S/c1-2-3-4-5-6-7-8-13-19-17(21)20-16-11-9-15(14-18)10-12-16/h9-12H,2-8,13H2,1H3,(H2,19,20,21). The highest BCUT2D eigenvalue weighted by molar-refractivity contribution is 7.80. The Morgan fingerprint density at radius 2 is 1.67 bits per heavy atom. The molecular weight excluding hydrogens is 278 g/mol. The minimum Gasteiger partial charge on any atom is -0.362 e. The van der Waals surface area contributed by atoms with Gasteiger partial charge in [-0.1, -0.05) is 45.4 Å². The summed E-state index contributed by atoms with van der Waals surface area (Å²) >= 11 is 5.25. The largest absolute Gasteiger partial charge is 0.362 e. The smallest absolute Gasteiger partial charge is 0.170 e. The fourth-order valence-electron chi connectivity index (χ4n) is 2.09. The molecule has 0 saturated carbocycles. The van der Waals surface area contributed by atoms with Crippen LogP contribution < -0.4 is 10.6 Å². The highest BCUT2D eigenvalue weighted by atomic mass is 32.1. The number of hydrogen-bond acceptors (Lipinski definition) is 2. The second kappa shape index (κ2) is 11.1. The van der Waals surface area contributed by atoms with Crippen LogP contribution in [0.5, 0.6) is 0 Å². The molecule has 0 bridgehead atoms. The molecule has 3 nitrogen and oxygen atoms in total. The summed E-state index contributed by atoms with van der Waals surface area (Å²) in [4.78, 5) is 0. The molecule has 1 rings (SSSR count). The van der Waals surface area contributed by atoms with Crippen LogP contribution in [-0.4, -0.2) is 11.7 Å². The summed E-state index contributed by atoms with van der Waals surface area (Å²) in [5, 5.41) is 15.7.